The number of anilines is 1. The number of benzene rings is 1. The van der Waals surface area contributed by atoms with Crippen LogP contribution in [0.25, 0.3) is 0 Å². The number of nitrogens with two attached hydrogens (primary N) is 1. The molecular weight excluding hydrogens is 314 g/mol. The van der Waals surface area contributed by atoms with E-state index in [2.05, 4.69) is 0 Å². The lowest BCUT2D eigenvalue weighted by Gasteiger charge is -2.23. The fraction of sp³-hybridized carbons (Fsp3) is 0.417. The van der Waals surface area contributed by atoms with Crippen molar-refractivity contribution in [1.29, 1.82) is 5.26 Å². The zero-order valence-electron chi connectivity index (χ0n) is 11.4. The summed E-state index contributed by atoms with van der Waals surface area (Å²) in [4.78, 5) is -0.117. The van der Waals surface area contributed by atoms with E-state index in [4.69, 9.17) is 11.0 Å². The van der Waals surface area contributed by atoms with E-state index >= 15 is 0 Å². The van der Waals surface area contributed by atoms with Crippen molar-refractivity contribution in [2.75, 3.05) is 24.3 Å². The average molecular weight is 329 g/mol. The molecule has 1 unspecified atom stereocenters. The van der Waals surface area contributed by atoms with Gasteiger partial charge in [0.1, 0.15) is 4.90 Å². The minimum absolute atomic E-state index is 0.0135. The summed E-state index contributed by atoms with van der Waals surface area (Å²) in [5, 5.41) is 8.76. The zero-order chi connectivity index (χ0) is 15.8. The molecule has 0 radical (unpaired) electrons. The molecule has 9 heteroatoms. The van der Waals surface area contributed by atoms with Gasteiger partial charge in [0.2, 0.25) is 10.0 Å². The highest BCUT2D eigenvalue weighted by molar-refractivity contribution is 7.92. The van der Waals surface area contributed by atoms with E-state index in [1.807, 2.05) is 6.07 Å². The van der Waals surface area contributed by atoms with Crippen LogP contribution in [-0.2, 0) is 19.9 Å². The number of nitrogen functional groups attached to an aromatic ring is 1. The fourth-order valence-corrected chi connectivity index (χ4v) is 5.61. The number of hydrogen-bond donors (Lipinski definition) is 1. The molecule has 1 aromatic rings. The van der Waals surface area contributed by atoms with Gasteiger partial charge in [-0.25, -0.2) is 16.8 Å². The lowest BCUT2D eigenvalue weighted by Crippen LogP contribution is -2.38. The van der Waals surface area contributed by atoms with E-state index < -0.39 is 25.9 Å². The van der Waals surface area contributed by atoms with Gasteiger partial charge in [0.25, 0.3) is 0 Å². The normalized spacial score (nSPS) is 21.3. The lowest BCUT2D eigenvalue weighted by atomic mass is 10.2. The average Bonchev–Trinajstić information content (AvgIpc) is 2.77. The van der Waals surface area contributed by atoms with E-state index in [0.717, 1.165) is 4.31 Å². The first-order chi connectivity index (χ1) is 9.67. The second-order valence-corrected chi connectivity index (χ2v) is 9.14. The minimum atomic E-state index is -3.89. The Bertz CT molecular complexity index is 809. The molecule has 1 heterocycles. The smallest absolute Gasteiger partial charge is 0.245 e. The van der Waals surface area contributed by atoms with Crippen molar-refractivity contribution in [3.63, 3.8) is 0 Å². The van der Waals surface area contributed by atoms with Crippen molar-refractivity contribution >= 4 is 25.5 Å². The summed E-state index contributed by atoms with van der Waals surface area (Å²) >= 11 is 0. The Labute approximate surface area is 123 Å². The fourth-order valence-electron chi connectivity index (χ4n) is 2.27. The number of nitrogens with zero attached hydrogens (tertiary/aromatic N) is 2. The third kappa shape index (κ3) is 3.02. The molecule has 1 aliphatic heterocycles. The molecule has 1 aliphatic rings. The molecule has 114 valence electrons. The molecule has 7 nitrogen and oxygen atoms in total. The van der Waals surface area contributed by atoms with E-state index in [-0.39, 0.29) is 34.1 Å². The van der Waals surface area contributed by atoms with Crippen molar-refractivity contribution in [2.24, 2.45) is 0 Å². The predicted molar refractivity (Wildman–Crippen MR) is 77.6 cm³/mol. The molecule has 0 spiro atoms. The van der Waals surface area contributed by atoms with Gasteiger partial charge < -0.3 is 5.73 Å². The summed E-state index contributed by atoms with van der Waals surface area (Å²) < 4.78 is 49.0. The van der Waals surface area contributed by atoms with Crippen LogP contribution < -0.4 is 5.73 Å². The van der Waals surface area contributed by atoms with Gasteiger partial charge in [0.15, 0.2) is 9.84 Å². The van der Waals surface area contributed by atoms with Crippen LogP contribution in [0, 0.1) is 11.3 Å². The third-order valence-electron chi connectivity index (χ3n) is 3.52. The Morgan fingerprint density at radius 3 is 2.57 bits per heavy atom. The van der Waals surface area contributed by atoms with E-state index in [0.29, 0.717) is 0 Å². The molecule has 0 amide bonds. The summed E-state index contributed by atoms with van der Waals surface area (Å²) in [6.45, 7) is 0. The quantitative estimate of drug-likeness (QED) is 0.776. The van der Waals surface area contributed by atoms with Crippen molar-refractivity contribution in [3.8, 4) is 6.07 Å². The molecule has 0 saturated carbocycles. The van der Waals surface area contributed by atoms with Crippen LogP contribution in [0.15, 0.2) is 23.1 Å². The van der Waals surface area contributed by atoms with Crippen LogP contribution in [0.5, 0.6) is 0 Å². The van der Waals surface area contributed by atoms with E-state index in [1.54, 1.807) is 0 Å². The van der Waals surface area contributed by atoms with Crippen LogP contribution in [0.1, 0.15) is 12.0 Å². The number of hydrogen-bond acceptors (Lipinski definition) is 6. The molecule has 1 saturated heterocycles. The monoisotopic (exact) mass is 329 g/mol. The first-order valence-electron chi connectivity index (χ1n) is 6.15. The Kier molecular flexibility index (Phi) is 3.97. The molecule has 2 N–H and O–H groups in total. The Hall–Kier alpha value is -1.63. The maximum Gasteiger partial charge on any atom is 0.245 e. The minimum Gasteiger partial charge on any atom is -0.398 e. The van der Waals surface area contributed by atoms with Gasteiger partial charge >= 0.3 is 0 Å². The maximum absolute atomic E-state index is 12.5. The number of sulfonamides is 1. The largest absolute Gasteiger partial charge is 0.398 e. The van der Waals surface area contributed by atoms with Gasteiger partial charge in [-0.15, -0.1) is 0 Å². The molecule has 1 fully saturated rings. The van der Waals surface area contributed by atoms with Crippen molar-refractivity contribution in [1.82, 2.24) is 4.31 Å². The second-order valence-electron chi connectivity index (χ2n) is 4.94. The first-order valence-corrected chi connectivity index (χ1v) is 9.41. The Morgan fingerprint density at radius 2 is 2.10 bits per heavy atom. The maximum atomic E-state index is 12.5. The van der Waals surface area contributed by atoms with Gasteiger partial charge in [-0.3, -0.25) is 0 Å². The highest BCUT2D eigenvalue weighted by Gasteiger charge is 2.37. The summed E-state index contributed by atoms with van der Waals surface area (Å²) in [5.74, 6) is -0.195. The zero-order valence-corrected chi connectivity index (χ0v) is 13.0. The Balaban J connectivity index is 2.37. The van der Waals surface area contributed by atoms with E-state index in [1.165, 1.54) is 25.2 Å². The highest BCUT2D eigenvalue weighted by Crippen LogP contribution is 2.27. The molecule has 21 heavy (non-hydrogen) atoms. The van der Waals surface area contributed by atoms with Crippen LogP contribution in [0.4, 0.5) is 5.69 Å². The summed E-state index contributed by atoms with van der Waals surface area (Å²) in [7, 11) is -5.73. The highest BCUT2D eigenvalue weighted by atomic mass is 32.2. The molecule has 2 rings (SSSR count). The number of nitriles is 1. The van der Waals surface area contributed by atoms with Gasteiger partial charge in [0.05, 0.1) is 28.8 Å². The standard InChI is InChI=1S/C12H15N3O4S2/c1-15(10-4-5-20(16,17)8-10)21(18,19)12-3-2-9(7-13)6-11(12)14/h2-3,6,10H,4-5,8,14H2,1H3. The topological polar surface area (TPSA) is 121 Å². The molecule has 1 aromatic carbocycles. The van der Waals surface area contributed by atoms with Crippen molar-refractivity contribution < 1.29 is 16.8 Å². The van der Waals surface area contributed by atoms with Crippen LogP contribution in [0.2, 0.25) is 0 Å². The van der Waals surface area contributed by atoms with Gasteiger partial charge in [0, 0.05) is 13.1 Å². The molecule has 0 aromatic heterocycles. The summed E-state index contributed by atoms with van der Waals surface area (Å²) in [5.41, 5.74) is 5.93. The second kappa shape index (κ2) is 5.29. The van der Waals surface area contributed by atoms with E-state index in [9.17, 15) is 16.8 Å². The van der Waals surface area contributed by atoms with Crippen LogP contribution in [-0.4, -0.2) is 45.7 Å². The van der Waals surface area contributed by atoms with Crippen LogP contribution in [0.3, 0.4) is 0 Å². The molecular formula is C12H15N3O4S2. The number of rotatable bonds is 3. The van der Waals surface area contributed by atoms with Crippen LogP contribution >= 0.6 is 0 Å². The molecule has 0 bridgehead atoms. The SMILES string of the molecule is CN(C1CCS(=O)(=O)C1)S(=O)(=O)c1ccc(C#N)cc1N. The van der Waals surface area contributed by atoms with Gasteiger partial charge in [-0.2, -0.15) is 9.57 Å². The molecule has 0 aliphatic carbocycles. The Morgan fingerprint density at radius 1 is 1.43 bits per heavy atom. The third-order valence-corrected chi connectivity index (χ3v) is 7.25. The van der Waals surface area contributed by atoms with Gasteiger partial charge in [-0.1, -0.05) is 0 Å². The summed E-state index contributed by atoms with van der Waals surface area (Å²) in [6.07, 6.45) is 0.272. The lowest BCUT2D eigenvalue weighted by molar-refractivity contribution is 0.394. The first kappa shape index (κ1) is 15.8. The van der Waals surface area contributed by atoms with Crippen molar-refractivity contribution in [2.45, 2.75) is 17.4 Å². The summed E-state index contributed by atoms with van der Waals surface area (Å²) in [6, 6.07) is 5.20. The molecule has 1 atom stereocenters. The number of sulfone groups is 1. The van der Waals surface area contributed by atoms with Crippen molar-refractivity contribution in [3.05, 3.63) is 23.8 Å². The van der Waals surface area contributed by atoms with Gasteiger partial charge in [-0.05, 0) is 24.6 Å². The predicted octanol–water partition coefficient (Wildman–Crippen LogP) is -0.0519.